The van der Waals surface area contributed by atoms with Gasteiger partial charge in [-0.3, -0.25) is 9.59 Å². The molecule has 60 heavy (non-hydrogen) atoms. The fraction of sp³-hybridized carbons (Fsp3) is 0.889. The van der Waals surface area contributed by atoms with Crippen LogP contribution in [0.25, 0.3) is 0 Å². The van der Waals surface area contributed by atoms with Crippen LogP contribution in [-0.4, -0.2) is 47.4 Å². The van der Waals surface area contributed by atoms with Gasteiger partial charge in [0, 0.05) is 12.8 Å². The van der Waals surface area contributed by atoms with Gasteiger partial charge in [-0.2, -0.15) is 0 Å². The molecule has 354 valence electrons. The van der Waals surface area contributed by atoms with Crippen molar-refractivity contribution >= 4 is 11.9 Å². The Morgan fingerprint density at radius 3 is 1.18 bits per heavy atom. The highest BCUT2D eigenvalue weighted by molar-refractivity contribution is 5.76. The number of hydrogen-bond donors (Lipinski definition) is 3. The summed E-state index contributed by atoms with van der Waals surface area (Å²) in [5, 5.41) is 23.1. The average molecular weight is 846 g/mol. The number of carbonyl (C=O) groups is 2. The van der Waals surface area contributed by atoms with Gasteiger partial charge in [0.15, 0.2) is 0 Å². The SMILES string of the molecule is CCCCCCCCCCCCCCCCC/C=C/C(O)C(CO)NC(=O)CCCCCCCCC/C=C\CCCCCCOC(=O)CCCCCCCCCCCCC. The van der Waals surface area contributed by atoms with Gasteiger partial charge in [-0.15, -0.1) is 0 Å². The number of unbranched alkanes of at least 4 members (excludes halogenated alkanes) is 36. The molecule has 0 fully saturated rings. The van der Waals surface area contributed by atoms with Crippen LogP contribution < -0.4 is 5.32 Å². The van der Waals surface area contributed by atoms with Crippen molar-refractivity contribution in [2.75, 3.05) is 13.2 Å². The second-order valence-corrected chi connectivity index (χ2v) is 18.2. The van der Waals surface area contributed by atoms with E-state index in [1.165, 1.54) is 186 Å². The fourth-order valence-electron chi connectivity index (χ4n) is 8.10. The summed E-state index contributed by atoms with van der Waals surface area (Å²) in [6.45, 7) is 4.87. The quantitative estimate of drug-likeness (QED) is 0.0322. The van der Waals surface area contributed by atoms with E-state index in [1.54, 1.807) is 6.08 Å². The summed E-state index contributed by atoms with van der Waals surface area (Å²) in [6, 6.07) is -0.638. The standard InChI is InChI=1S/C54H103NO5/c1-3-5-7-9-11-13-15-16-17-18-20-23-27-30-34-38-42-46-52(57)51(50-56)55-53(58)47-43-39-35-31-28-24-21-19-22-25-29-33-37-41-45-49-60-54(59)48-44-40-36-32-26-14-12-10-8-6-4-2/h22,25,42,46,51-52,56-57H,3-21,23-24,26-41,43-45,47-50H2,1-2H3,(H,55,58)/b25-22-,46-42+. The molecule has 6 heteroatoms. The van der Waals surface area contributed by atoms with E-state index in [-0.39, 0.29) is 18.5 Å². The Bertz CT molecular complexity index is 935. The first-order valence-corrected chi connectivity index (χ1v) is 26.6. The van der Waals surface area contributed by atoms with Gasteiger partial charge < -0.3 is 20.3 Å². The van der Waals surface area contributed by atoms with Gasteiger partial charge in [-0.1, -0.05) is 237 Å². The second-order valence-electron chi connectivity index (χ2n) is 18.2. The van der Waals surface area contributed by atoms with Crippen LogP contribution in [0.1, 0.15) is 284 Å². The summed E-state index contributed by atoms with van der Waals surface area (Å²) in [4.78, 5) is 24.4. The van der Waals surface area contributed by atoms with Gasteiger partial charge in [0.25, 0.3) is 0 Å². The normalized spacial score (nSPS) is 12.8. The number of esters is 1. The third kappa shape index (κ3) is 45.9. The van der Waals surface area contributed by atoms with Gasteiger partial charge in [-0.25, -0.2) is 0 Å². The highest BCUT2D eigenvalue weighted by atomic mass is 16.5. The van der Waals surface area contributed by atoms with Crippen molar-refractivity contribution in [2.45, 2.75) is 296 Å². The van der Waals surface area contributed by atoms with E-state index < -0.39 is 12.1 Å². The lowest BCUT2D eigenvalue weighted by molar-refractivity contribution is -0.143. The van der Waals surface area contributed by atoms with E-state index in [1.807, 2.05) is 6.08 Å². The molecule has 0 aromatic rings. The van der Waals surface area contributed by atoms with Gasteiger partial charge >= 0.3 is 5.97 Å². The number of carbonyl (C=O) groups excluding carboxylic acids is 2. The number of rotatable bonds is 49. The lowest BCUT2D eigenvalue weighted by atomic mass is 10.0. The van der Waals surface area contributed by atoms with Crippen LogP contribution >= 0.6 is 0 Å². The zero-order valence-electron chi connectivity index (χ0n) is 40.2. The third-order valence-corrected chi connectivity index (χ3v) is 12.2. The molecule has 0 aromatic heterocycles. The molecule has 6 nitrogen and oxygen atoms in total. The Balaban J connectivity index is 3.52. The van der Waals surface area contributed by atoms with Crippen LogP contribution in [-0.2, 0) is 14.3 Å². The molecule has 2 atom stereocenters. The zero-order chi connectivity index (χ0) is 43.7. The number of amides is 1. The summed E-state index contributed by atoms with van der Waals surface area (Å²) in [5.74, 6) is -0.0936. The van der Waals surface area contributed by atoms with Crippen LogP contribution in [0.3, 0.4) is 0 Å². The molecule has 1 amide bonds. The molecule has 0 aliphatic carbocycles. The van der Waals surface area contributed by atoms with E-state index in [4.69, 9.17) is 4.74 Å². The van der Waals surface area contributed by atoms with E-state index in [9.17, 15) is 19.8 Å². The van der Waals surface area contributed by atoms with Crippen molar-refractivity contribution in [1.82, 2.24) is 5.32 Å². The van der Waals surface area contributed by atoms with Crippen molar-refractivity contribution in [3.8, 4) is 0 Å². The summed E-state index contributed by atoms with van der Waals surface area (Å²) < 4.78 is 5.44. The minimum atomic E-state index is -0.854. The first-order chi connectivity index (χ1) is 29.5. The van der Waals surface area contributed by atoms with E-state index in [0.717, 1.165) is 70.6 Å². The molecule has 2 unspecified atom stereocenters. The maximum absolute atomic E-state index is 12.4. The Hall–Kier alpha value is -1.66. The minimum Gasteiger partial charge on any atom is -0.466 e. The van der Waals surface area contributed by atoms with E-state index in [2.05, 4.69) is 31.3 Å². The van der Waals surface area contributed by atoms with Gasteiger partial charge in [0.1, 0.15) is 0 Å². The molecule has 0 rings (SSSR count). The van der Waals surface area contributed by atoms with Gasteiger partial charge in [-0.05, 0) is 57.8 Å². The molecule has 0 saturated heterocycles. The molecule has 3 N–H and O–H groups in total. The molecule has 0 bridgehead atoms. The Morgan fingerprint density at radius 2 is 0.783 bits per heavy atom. The largest absolute Gasteiger partial charge is 0.466 e. The van der Waals surface area contributed by atoms with Gasteiger partial charge in [0.05, 0.1) is 25.4 Å². The Morgan fingerprint density at radius 1 is 0.450 bits per heavy atom. The molecule has 0 spiro atoms. The number of aliphatic hydroxyl groups is 2. The topological polar surface area (TPSA) is 95.9 Å². The molecular formula is C54H103NO5. The molecule has 0 heterocycles. The molecule has 0 aliphatic rings. The number of allylic oxidation sites excluding steroid dienone is 3. The highest BCUT2D eigenvalue weighted by Gasteiger charge is 2.18. The predicted molar refractivity (Wildman–Crippen MR) is 260 cm³/mol. The van der Waals surface area contributed by atoms with Crippen molar-refractivity contribution in [1.29, 1.82) is 0 Å². The summed E-state index contributed by atoms with van der Waals surface area (Å²) >= 11 is 0. The molecule has 0 saturated carbocycles. The number of hydrogen-bond acceptors (Lipinski definition) is 5. The maximum Gasteiger partial charge on any atom is 0.305 e. The summed E-state index contributed by atoms with van der Waals surface area (Å²) in [5.41, 5.74) is 0. The van der Waals surface area contributed by atoms with Crippen LogP contribution in [0, 0.1) is 0 Å². The van der Waals surface area contributed by atoms with E-state index in [0.29, 0.717) is 19.4 Å². The summed E-state index contributed by atoms with van der Waals surface area (Å²) in [6.07, 6.45) is 58.9. The van der Waals surface area contributed by atoms with Crippen LogP contribution in [0.15, 0.2) is 24.3 Å². The highest BCUT2D eigenvalue weighted by Crippen LogP contribution is 2.16. The first-order valence-electron chi connectivity index (χ1n) is 26.6. The maximum atomic E-state index is 12.4. The molecule has 0 radical (unpaired) electrons. The minimum absolute atomic E-state index is 0.0116. The summed E-state index contributed by atoms with van der Waals surface area (Å²) in [7, 11) is 0. The van der Waals surface area contributed by atoms with Crippen LogP contribution in [0.5, 0.6) is 0 Å². The van der Waals surface area contributed by atoms with Crippen molar-refractivity contribution in [2.24, 2.45) is 0 Å². The molecule has 0 aliphatic heterocycles. The Labute approximate surface area is 373 Å². The van der Waals surface area contributed by atoms with Crippen molar-refractivity contribution in [3.05, 3.63) is 24.3 Å². The van der Waals surface area contributed by atoms with Gasteiger partial charge in [0.2, 0.25) is 5.91 Å². The van der Waals surface area contributed by atoms with Crippen molar-refractivity contribution in [3.63, 3.8) is 0 Å². The lowest BCUT2D eigenvalue weighted by Crippen LogP contribution is -2.45. The second kappa shape index (κ2) is 50.0. The number of aliphatic hydroxyl groups excluding tert-OH is 2. The monoisotopic (exact) mass is 846 g/mol. The molecular weight excluding hydrogens is 743 g/mol. The van der Waals surface area contributed by atoms with E-state index >= 15 is 0 Å². The third-order valence-electron chi connectivity index (χ3n) is 12.2. The predicted octanol–water partition coefficient (Wildman–Crippen LogP) is 15.9. The zero-order valence-corrected chi connectivity index (χ0v) is 40.2. The smallest absolute Gasteiger partial charge is 0.305 e. The lowest BCUT2D eigenvalue weighted by Gasteiger charge is -2.20. The van der Waals surface area contributed by atoms with Crippen LogP contribution in [0.2, 0.25) is 0 Å². The van der Waals surface area contributed by atoms with Crippen LogP contribution in [0.4, 0.5) is 0 Å². The Kier molecular flexibility index (Phi) is 48.6. The fourth-order valence-corrected chi connectivity index (χ4v) is 8.10. The average Bonchev–Trinajstić information content (AvgIpc) is 3.25. The number of nitrogens with one attached hydrogen (secondary N) is 1. The molecule has 0 aromatic carbocycles. The number of ether oxygens (including phenoxy) is 1. The first kappa shape index (κ1) is 58.3. The van der Waals surface area contributed by atoms with Crippen molar-refractivity contribution < 1.29 is 24.5 Å².